The fourth-order valence-corrected chi connectivity index (χ4v) is 1.06. The van der Waals surface area contributed by atoms with E-state index in [0.29, 0.717) is 0 Å². The molecule has 0 aliphatic carbocycles. The highest BCUT2D eigenvalue weighted by Crippen LogP contribution is 2.18. The van der Waals surface area contributed by atoms with Gasteiger partial charge in [0.25, 0.3) is 5.91 Å². The number of halogens is 4. The van der Waals surface area contributed by atoms with Gasteiger partial charge in [0.15, 0.2) is 0 Å². The second-order valence-electron chi connectivity index (χ2n) is 3.10. The fourth-order valence-electron chi connectivity index (χ4n) is 1.06. The van der Waals surface area contributed by atoms with E-state index in [-0.39, 0.29) is 5.56 Å². The molecule has 0 unspecified atom stereocenters. The molecule has 0 saturated carbocycles. The molecule has 2 nitrogen and oxygen atoms in total. The topological polar surface area (TPSA) is 29.1 Å². The first-order valence-corrected chi connectivity index (χ1v) is 4.49. The predicted molar refractivity (Wildman–Crippen MR) is 49.4 cm³/mol. The molecule has 0 saturated heterocycles. The minimum atomic E-state index is -4.33. The summed E-state index contributed by atoms with van der Waals surface area (Å²) >= 11 is 0. The molecule has 6 heteroatoms. The SMILES string of the molecule is O=C(NCCC(F)(F)F)c1ccccc1F. The molecule has 0 radical (unpaired) electrons. The van der Waals surface area contributed by atoms with Crippen LogP contribution in [0.1, 0.15) is 16.8 Å². The molecule has 1 aromatic rings. The Hall–Kier alpha value is -1.59. The Morgan fingerprint density at radius 2 is 1.88 bits per heavy atom. The summed E-state index contributed by atoms with van der Waals surface area (Å²) < 4.78 is 48.3. The molecule has 0 aliphatic rings. The van der Waals surface area contributed by atoms with Crippen LogP contribution in [0, 0.1) is 5.82 Å². The van der Waals surface area contributed by atoms with E-state index in [1.807, 2.05) is 5.32 Å². The second kappa shape index (κ2) is 4.96. The summed E-state index contributed by atoms with van der Waals surface area (Å²) in [6.07, 6.45) is -5.46. The van der Waals surface area contributed by atoms with Gasteiger partial charge >= 0.3 is 6.18 Å². The number of hydrogen-bond donors (Lipinski definition) is 1. The summed E-state index contributed by atoms with van der Waals surface area (Å²) in [7, 11) is 0. The van der Waals surface area contributed by atoms with Crippen molar-refractivity contribution in [3.63, 3.8) is 0 Å². The van der Waals surface area contributed by atoms with E-state index >= 15 is 0 Å². The van der Waals surface area contributed by atoms with E-state index in [9.17, 15) is 22.4 Å². The Labute approximate surface area is 89.3 Å². The van der Waals surface area contributed by atoms with Crippen molar-refractivity contribution < 1.29 is 22.4 Å². The molecule has 1 rings (SSSR count). The Morgan fingerprint density at radius 3 is 2.44 bits per heavy atom. The van der Waals surface area contributed by atoms with Gasteiger partial charge in [-0.2, -0.15) is 13.2 Å². The van der Waals surface area contributed by atoms with Gasteiger partial charge in [-0.15, -0.1) is 0 Å². The van der Waals surface area contributed by atoms with Crippen molar-refractivity contribution in [2.24, 2.45) is 0 Å². The van der Waals surface area contributed by atoms with Crippen molar-refractivity contribution in [2.75, 3.05) is 6.54 Å². The molecule has 0 heterocycles. The van der Waals surface area contributed by atoms with Gasteiger partial charge in [0, 0.05) is 6.54 Å². The van der Waals surface area contributed by atoms with Gasteiger partial charge in [-0.25, -0.2) is 4.39 Å². The lowest BCUT2D eigenvalue weighted by Crippen LogP contribution is -2.28. The Kier molecular flexibility index (Phi) is 3.87. The average Bonchev–Trinajstić information content (AvgIpc) is 2.16. The Bertz CT molecular complexity index is 375. The van der Waals surface area contributed by atoms with Crippen molar-refractivity contribution in [1.29, 1.82) is 0 Å². The largest absolute Gasteiger partial charge is 0.390 e. The van der Waals surface area contributed by atoms with E-state index in [1.54, 1.807) is 0 Å². The summed E-state index contributed by atoms with van der Waals surface area (Å²) in [5.41, 5.74) is -0.260. The first kappa shape index (κ1) is 12.5. The zero-order valence-electron chi connectivity index (χ0n) is 8.14. The summed E-state index contributed by atoms with van der Waals surface area (Å²) in [6, 6.07) is 5.10. The molecule has 0 aliphatic heterocycles. The molecular weight excluding hydrogens is 226 g/mol. The maximum absolute atomic E-state index is 13.0. The number of alkyl halides is 3. The normalized spacial score (nSPS) is 11.2. The lowest BCUT2D eigenvalue weighted by molar-refractivity contribution is -0.132. The zero-order valence-corrected chi connectivity index (χ0v) is 8.14. The first-order chi connectivity index (χ1) is 7.40. The number of carbonyl (C=O) groups excluding carboxylic acids is 1. The van der Waals surface area contributed by atoms with Crippen LogP contribution >= 0.6 is 0 Å². The van der Waals surface area contributed by atoms with E-state index in [1.165, 1.54) is 18.2 Å². The standard InChI is InChI=1S/C10H9F4NO/c11-8-4-2-1-3-7(8)9(16)15-6-5-10(12,13)14/h1-4H,5-6H2,(H,15,16). The van der Waals surface area contributed by atoms with E-state index in [0.717, 1.165) is 6.07 Å². The second-order valence-corrected chi connectivity index (χ2v) is 3.10. The Morgan fingerprint density at radius 1 is 1.25 bits per heavy atom. The molecule has 0 bridgehead atoms. The number of amides is 1. The van der Waals surface area contributed by atoms with E-state index in [4.69, 9.17) is 0 Å². The third kappa shape index (κ3) is 3.88. The number of nitrogens with one attached hydrogen (secondary N) is 1. The summed E-state index contributed by atoms with van der Waals surface area (Å²) in [5, 5.41) is 2.00. The molecule has 0 spiro atoms. The maximum Gasteiger partial charge on any atom is 0.390 e. The Balaban J connectivity index is 2.51. The van der Waals surface area contributed by atoms with Crippen molar-refractivity contribution in [3.05, 3.63) is 35.6 Å². The minimum absolute atomic E-state index is 0.260. The highest BCUT2D eigenvalue weighted by atomic mass is 19.4. The molecular formula is C10H9F4NO. The van der Waals surface area contributed by atoms with Crippen LogP contribution < -0.4 is 5.32 Å². The van der Waals surface area contributed by atoms with Crippen LogP contribution in [0.15, 0.2) is 24.3 Å². The van der Waals surface area contributed by atoms with Gasteiger partial charge in [-0.05, 0) is 12.1 Å². The quantitative estimate of drug-likeness (QED) is 0.801. The number of rotatable bonds is 3. The maximum atomic E-state index is 13.0. The lowest BCUT2D eigenvalue weighted by Gasteiger charge is -2.08. The van der Waals surface area contributed by atoms with Crippen molar-refractivity contribution in [2.45, 2.75) is 12.6 Å². The summed E-state index contributed by atoms with van der Waals surface area (Å²) in [5.74, 6) is -1.60. The van der Waals surface area contributed by atoms with E-state index in [2.05, 4.69) is 0 Å². The third-order valence-electron chi connectivity index (χ3n) is 1.81. The van der Waals surface area contributed by atoms with Crippen molar-refractivity contribution >= 4 is 5.91 Å². The summed E-state index contributed by atoms with van der Waals surface area (Å²) in [6.45, 7) is -0.559. The molecule has 0 aromatic heterocycles. The highest BCUT2D eigenvalue weighted by Gasteiger charge is 2.26. The fraction of sp³-hybridized carbons (Fsp3) is 0.300. The number of carbonyl (C=O) groups is 1. The van der Waals surface area contributed by atoms with Crippen LogP contribution in [0.4, 0.5) is 17.6 Å². The molecule has 1 amide bonds. The highest BCUT2D eigenvalue weighted by molar-refractivity contribution is 5.94. The monoisotopic (exact) mass is 235 g/mol. The van der Waals surface area contributed by atoms with Crippen LogP contribution in [0.3, 0.4) is 0 Å². The van der Waals surface area contributed by atoms with Gasteiger partial charge in [-0.3, -0.25) is 4.79 Å². The van der Waals surface area contributed by atoms with Crippen molar-refractivity contribution in [1.82, 2.24) is 5.32 Å². The minimum Gasteiger partial charge on any atom is -0.352 e. The van der Waals surface area contributed by atoms with Gasteiger partial charge in [0.1, 0.15) is 5.82 Å². The van der Waals surface area contributed by atoms with Crippen LogP contribution in [0.5, 0.6) is 0 Å². The average molecular weight is 235 g/mol. The number of hydrogen-bond acceptors (Lipinski definition) is 1. The smallest absolute Gasteiger partial charge is 0.352 e. The van der Waals surface area contributed by atoms with Crippen molar-refractivity contribution in [3.8, 4) is 0 Å². The molecule has 16 heavy (non-hydrogen) atoms. The van der Waals surface area contributed by atoms with Gasteiger partial charge < -0.3 is 5.32 Å². The van der Waals surface area contributed by atoms with E-state index < -0.39 is 30.9 Å². The predicted octanol–water partition coefficient (Wildman–Crippen LogP) is 2.51. The summed E-state index contributed by atoms with van der Waals surface area (Å²) in [4.78, 5) is 11.2. The van der Waals surface area contributed by atoms with Crippen LogP contribution in [-0.4, -0.2) is 18.6 Å². The first-order valence-electron chi connectivity index (χ1n) is 4.49. The molecule has 0 fully saturated rings. The molecule has 88 valence electrons. The zero-order chi connectivity index (χ0) is 12.2. The van der Waals surface area contributed by atoms with Crippen LogP contribution in [-0.2, 0) is 0 Å². The van der Waals surface area contributed by atoms with Gasteiger partial charge in [-0.1, -0.05) is 12.1 Å². The van der Waals surface area contributed by atoms with Gasteiger partial charge in [0.05, 0.1) is 12.0 Å². The number of benzene rings is 1. The van der Waals surface area contributed by atoms with Crippen LogP contribution in [0.2, 0.25) is 0 Å². The molecule has 0 atom stereocenters. The molecule has 1 aromatic carbocycles. The van der Waals surface area contributed by atoms with Gasteiger partial charge in [0.2, 0.25) is 0 Å². The third-order valence-corrected chi connectivity index (χ3v) is 1.81. The van der Waals surface area contributed by atoms with Crippen LogP contribution in [0.25, 0.3) is 0 Å². The lowest BCUT2D eigenvalue weighted by atomic mass is 10.2. The molecule has 1 N–H and O–H groups in total.